The van der Waals surface area contributed by atoms with Crippen LogP contribution in [0.3, 0.4) is 0 Å². The predicted molar refractivity (Wildman–Crippen MR) is 115 cm³/mol. The number of nitrogens with zero attached hydrogens (tertiary/aromatic N) is 2. The van der Waals surface area contributed by atoms with E-state index in [-0.39, 0.29) is 5.56 Å². The summed E-state index contributed by atoms with van der Waals surface area (Å²) in [6, 6.07) is 9.83. The van der Waals surface area contributed by atoms with Crippen LogP contribution >= 0.6 is 30.1 Å². The third-order valence-corrected chi connectivity index (χ3v) is 6.28. The first-order valence-electron chi connectivity index (χ1n) is 8.03. The normalized spacial score (nSPS) is 11.3. The van der Waals surface area contributed by atoms with E-state index >= 15 is 0 Å². The van der Waals surface area contributed by atoms with Crippen molar-refractivity contribution in [3.8, 4) is 5.75 Å². The first-order chi connectivity index (χ1) is 12.6. The van der Waals surface area contributed by atoms with Gasteiger partial charge < -0.3 is 14.3 Å². The van der Waals surface area contributed by atoms with Crippen molar-refractivity contribution in [2.24, 2.45) is 0 Å². The maximum Gasteiger partial charge on any atom is 0.275 e. The van der Waals surface area contributed by atoms with Crippen LogP contribution in [0.4, 0.5) is 0 Å². The molecule has 0 saturated heterocycles. The molecule has 0 spiro atoms. The Balaban J connectivity index is 1.89. The zero-order chi connectivity index (χ0) is 18.3. The second-order valence-electron chi connectivity index (χ2n) is 6.14. The summed E-state index contributed by atoms with van der Waals surface area (Å²) in [5.41, 5.74) is 3.43. The largest absolute Gasteiger partial charge is 0.497 e. The molecule has 0 saturated carbocycles. The lowest BCUT2D eigenvalue weighted by molar-refractivity contribution is 0.414. The van der Waals surface area contributed by atoms with Crippen molar-refractivity contribution < 1.29 is 4.74 Å². The molecular formula is C19H16IN3O2S. The summed E-state index contributed by atoms with van der Waals surface area (Å²) in [4.78, 5) is 21.7. The minimum absolute atomic E-state index is 0.0410. The predicted octanol–water partition coefficient (Wildman–Crippen LogP) is 4.69. The molecular weight excluding hydrogens is 461 g/mol. The summed E-state index contributed by atoms with van der Waals surface area (Å²) in [7, 11) is 3.25. The van der Waals surface area contributed by atoms with Crippen molar-refractivity contribution in [1.82, 2.24) is 14.5 Å². The van der Waals surface area contributed by atoms with Crippen LogP contribution in [0.25, 0.3) is 21.9 Å². The number of halogens is 1. The average Bonchev–Trinajstić information content (AvgIpc) is 3.04. The number of rotatable bonds is 4. The molecule has 3 aromatic heterocycles. The summed E-state index contributed by atoms with van der Waals surface area (Å²) in [6.07, 6.45) is 3.74. The number of aromatic nitrogens is 3. The molecule has 132 valence electrons. The van der Waals surface area contributed by atoms with Crippen LogP contribution in [0.2, 0.25) is 0 Å². The number of benzene rings is 1. The molecule has 0 aliphatic heterocycles. The summed E-state index contributed by atoms with van der Waals surface area (Å²) in [5.74, 6) is 0.803. The molecule has 0 unspecified atom stereocenters. The smallest absolute Gasteiger partial charge is 0.275 e. The fourth-order valence-electron chi connectivity index (χ4n) is 3.10. The van der Waals surface area contributed by atoms with E-state index in [1.165, 1.54) is 0 Å². The van der Waals surface area contributed by atoms with Gasteiger partial charge in [0.25, 0.3) is 5.56 Å². The number of hydrogen-bond acceptors (Lipinski definition) is 4. The molecule has 0 fully saturated rings. The third kappa shape index (κ3) is 2.99. The first kappa shape index (κ1) is 17.4. The number of pyridine rings is 2. The van der Waals surface area contributed by atoms with E-state index in [0.717, 1.165) is 38.2 Å². The topological polar surface area (TPSA) is 59.9 Å². The Hall–Kier alpha value is -2.00. The quantitative estimate of drug-likeness (QED) is 0.434. The summed E-state index contributed by atoms with van der Waals surface area (Å²) in [5, 5.41) is 1.94. The Labute approximate surface area is 166 Å². The van der Waals surface area contributed by atoms with Gasteiger partial charge in [-0.05, 0) is 36.2 Å². The molecule has 0 radical (unpaired) electrons. The van der Waals surface area contributed by atoms with Crippen LogP contribution < -0.4 is 10.3 Å². The Morgan fingerprint density at radius 1 is 1.31 bits per heavy atom. The molecule has 4 rings (SSSR count). The number of hydrogen-bond donors (Lipinski definition) is 1. The lowest BCUT2D eigenvalue weighted by Gasteiger charge is -2.09. The number of aromatic amines is 1. The van der Waals surface area contributed by atoms with Gasteiger partial charge in [0, 0.05) is 49.3 Å². The van der Waals surface area contributed by atoms with E-state index in [9.17, 15) is 4.79 Å². The maximum absolute atomic E-state index is 13.0. The highest BCUT2D eigenvalue weighted by Crippen LogP contribution is 2.35. The molecule has 4 aromatic rings. The summed E-state index contributed by atoms with van der Waals surface area (Å²) in [6.45, 7) is 2.51. The van der Waals surface area contributed by atoms with Crippen molar-refractivity contribution in [3.05, 3.63) is 64.2 Å². The zero-order valence-electron chi connectivity index (χ0n) is 14.2. The summed E-state index contributed by atoms with van der Waals surface area (Å²) >= 11 is 2.26. The number of methoxy groups -OCH3 is 1. The number of nitrogens with one attached hydrogen (secondary N) is 1. The fraction of sp³-hybridized carbons (Fsp3) is 0.158. The highest BCUT2D eigenvalue weighted by atomic mass is 127. The Bertz CT molecular complexity index is 1170. The van der Waals surface area contributed by atoms with Crippen LogP contribution in [-0.4, -0.2) is 21.6 Å². The lowest BCUT2D eigenvalue weighted by Crippen LogP contribution is -2.20. The number of H-pyrrole nitrogens is 1. The second kappa shape index (κ2) is 6.96. The standard InChI is InChI=1S/C19H16IN3O2S/c1-11-7-14-16-15(26-20)10-23(9-12-3-5-13(25-2)6-4-12)19(24)17(16)22-18(14)21-8-11/h3-8,10H,9H2,1-2H3,(H,21,22). The number of aryl methyl sites for hydroxylation is 1. The number of ether oxygens (including phenoxy) is 1. The first-order valence-corrected chi connectivity index (χ1v) is 11.4. The fourth-order valence-corrected chi connectivity index (χ4v) is 4.56. The average molecular weight is 477 g/mol. The lowest BCUT2D eigenvalue weighted by atomic mass is 10.2. The van der Waals surface area contributed by atoms with Gasteiger partial charge in [0.1, 0.15) is 16.9 Å². The van der Waals surface area contributed by atoms with Gasteiger partial charge in [0.15, 0.2) is 0 Å². The molecule has 0 bridgehead atoms. The second-order valence-corrected chi connectivity index (χ2v) is 8.05. The molecule has 0 aliphatic carbocycles. The van der Waals surface area contributed by atoms with Gasteiger partial charge in [0.05, 0.1) is 13.7 Å². The molecule has 7 heteroatoms. The van der Waals surface area contributed by atoms with Gasteiger partial charge in [0.2, 0.25) is 0 Å². The molecule has 0 atom stereocenters. The Kier molecular flexibility index (Phi) is 4.66. The highest BCUT2D eigenvalue weighted by molar-refractivity contribution is 14.2. The van der Waals surface area contributed by atoms with Crippen molar-refractivity contribution in [1.29, 1.82) is 0 Å². The van der Waals surface area contributed by atoms with E-state index in [2.05, 4.69) is 37.2 Å². The van der Waals surface area contributed by atoms with E-state index in [4.69, 9.17) is 4.74 Å². The minimum Gasteiger partial charge on any atom is -0.497 e. The van der Waals surface area contributed by atoms with Crippen molar-refractivity contribution in [3.63, 3.8) is 0 Å². The minimum atomic E-state index is -0.0410. The molecule has 3 heterocycles. The van der Waals surface area contributed by atoms with Crippen LogP contribution in [0.5, 0.6) is 5.75 Å². The van der Waals surface area contributed by atoms with Crippen LogP contribution in [0.1, 0.15) is 11.1 Å². The molecule has 0 amide bonds. The summed E-state index contributed by atoms with van der Waals surface area (Å²) < 4.78 is 6.94. The maximum atomic E-state index is 13.0. The van der Waals surface area contributed by atoms with E-state index in [1.54, 1.807) is 20.6 Å². The molecule has 5 nitrogen and oxygen atoms in total. The van der Waals surface area contributed by atoms with Crippen LogP contribution in [0, 0.1) is 6.92 Å². The van der Waals surface area contributed by atoms with E-state index < -0.39 is 0 Å². The molecule has 26 heavy (non-hydrogen) atoms. The van der Waals surface area contributed by atoms with Crippen molar-refractivity contribution >= 4 is 52.1 Å². The zero-order valence-corrected chi connectivity index (χ0v) is 17.2. The van der Waals surface area contributed by atoms with Gasteiger partial charge in [-0.3, -0.25) is 4.79 Å². The SMILES string of the molecule is COc1ccc(Cn2cc(SI)c3c([nH]c4ncc(C)cc43)c2=O)cc1. The van der Waals surface area contributed by atoms with Crippen molar-refractivity contribution in [2.45, 2.75) is 18.4 Å². The highest BCUT2D eigenvalue weighted by Gasteiger charge is 2.16. The molecule has 1 N–H and O–H groups in total. The molecule has 0 aliphatic rings. The van der Waals surface area contributed by atoms with E-state index in [0.29, 0.717) is 12.1 Å². The molecule has 1 aromatic carbocycles. The van der Waals surface area contributed by atoms with Gasteiger partial charge >= 0.3 is 0 Å². The van der Waals surface area contributed by atoms with Gasteiger partial charge in [-0.1, -0.05) is 21.1 Å². The monoisotopic (exact) mass is 477 g/mol. The van der Waals surface area contributed by atoms with Crippen molar-refractivity contribution in [2.75, 3.05) is 7.11 Å². The Morgan fingerprint density at radius 2 is 2.08 bits per heavy atom. The third-order valence-electron chi connectivity index (χ3n) is 4.38. The van der Waals surface area contributed by atoms with Gasteiger partial charge in [-0.15, -0.1) is 0 Å². The van der Waals surface area contributed by atoms with Crippen LogP contribution in [-0.2, 0) is 6.54 Å². The number of fused-ring (bicyclic) bond motifs is 3. The Morgan fingerprint density at radius 3 is 2.77 bits per heavy atom. The van der Waals surface area contributed by atoms with E-state index in [1.807, 2.05) is 43.6 Å². The van der Waals surface area contributed by atoms with Crippen LogP contribution in [0.15, 0.2) is 52.4 Å². The van der Waals surface area contributed by atoms with Gasteiger partial charge in [-0.25, -0.2) is 4.98 Å². The van der Waals surface area contributed by atoms with Gasteiger partial charge in [-0.2, -0.15) is 0 Å².